The summed E-state index contributed by atoms with van der Waals surface area (Å²) < 4.78 is 11.3. The molecule has 0 aliphatic carbocycles. The SMILES string of the molecule is CCN1CCC[C@@H]1CN(Cc1ccc2c(c1)OCCO2)C(=O)CC(C)(C)C. The lowest BCUT2D eigenvalue weighted by atomic mass is 9.91. The summed E-state index contributed by atoms with van der Waals surface area (Å²) in [6.07, 6.45) is 2.97. The predicted molar refractivity (Wildman–Crippen MR) is 107 cm³/mol. The summed E-state index contributed by atoms with van der Waals surface area (Å²) >= 11 is 0. The van der Waals surface area contributed by atoms with E-state index in [1.54, 1.807) is 0 Å². The number of carbonyl (C=O) groups excluding carboxylic acids is 1. The smallest absolute Gasteiger partial charge is 0.223 e. The monoisotopic (exact) mass is 374 g/mol. The maximum absolute atomic E-state index is 13.1. The van der Waals surface area contributed by atoms with E-state index in [2.05, 4.69) is 43.6 Å². The van der Waals surface area contributed by atoms with Crippen LogP contribution in [0, 0.1) is 5.41 Å². The van der Waals surface area contributed by atoms with Gasteiger partial charge in [-0.3, -0.25) is 9.69 Å². The molecular formula is C22H34N2O3. The molecule has 0 aromatic heterocycles. The number of amides is 1. The highest BCUT2D eigenvalue weighted by Gasteiger charge is 2.29. The van der Waals surface area contributed by atoms with Gasteiger partial charge in [0.05, 0.1) is 0 Å². The second-order valence-electron chi connectivity index (χ2n) is 8.91. The molecule has 150 valence electrons. The van der Waals surface area contributed by atoms with Crippen LogP contribution in [0.3, 0.4) is 0 Å². The highest BCUT2D eigenvalue weighted by Crippen LogP contribution is 2.31. The van der Waals surface area contributed by atoms with E-state index >= 15 is 0 Å². The van der Waals surface area contributed by atoms with Crippen molar-refractivity contribution in [3.63, 3.8) is 0 Å². The fourth-order valence-electron chi connectivity index (χ4n) is 4.00. The van der Waals surface area contributed by atoms with E-state index in [0.29, 0.717) is 32.2 Å². The van der Waals surface area contributed by atoms with Gasteiger partial charge in [0.15, 0.2) is 11.5 Å². The quantitative estimate of drug-likeness (QED) is 0.761. The molecule has 2 aliphatic heterocycles. The molecular weight excluding hydrogens is 340 g/mol. The van der Waals surface area contributed by atoms with Crippen LogP contribution in [0.15, 0.2) is 18.2 Å². The van der Waals surface area contributed by atoms with Crippen LogP contribution in [0.1, 0.15) is 52.5 Å². The number of likely N-dealkylation sites (tertiary alicyclic amines) is 1. The largest absolute Gasteiger partial charge is 0.486 e. The van der Waals surface area contributed by atoms with Crippen molar-refractivity contribution >= 4 is 5.91 Å². The zero-order valence-corrected chi connectivity index (χ0v) is 17.3. The molecule has 1 saturated heterocycles. The van der Waals surface area contributed by atoms with Crippen molar-refractivity contribution in [2.45, 2.75) is 59.5 Å². The molecule has 0 radical (unpaired) electrons. The molecule has 0 spiro atoms. The Morgan fingerprint density at radius 2 is 1.96 bits per heavy atom. The Morgan fingerprint density at radius 3 is 2.67 bits per heavy atom. The summed E-state index contributed by atoms with van der Waals surface area (Å²) in [6.45, 7) is 13.4. The van der Waals surface area contributed by atoms with Gasteiger partial charge < -0.3 is 14.4 Å². The number of likely N-dealkylation sites (N-methyl/N-ethyl adjacent to an activating group) is 1. The third-order valence-electron chi connectivity index (χ3n) is 5.35. The van der Waals surface area contributed by atoms with Crippen LogP contribution in [-0.4, -0.2) is 54.6 Å². The summed E-state index contributed by atoms with van der Waals surface area (Å²) in [5.41, 5.74) is 1.09. The Morgan fingerprint density at radius 1 is 1.22 bits per heavy atom. The molecule has 1 atom stereocenters. The van der Waals surface area contributed by atoms with Gasteiger partial charge in [-0.05, 0) is 49.0 Å². The van der Waals surface area contributed by atoms with Crippen LogP contribution in [0.25, 0.3) is 0 Å². The molecule has 1 amide bonds. The number of carbonyl (C=O) groups is 1. The van der Waals surface area contributed by atoms with Crippen LogP contribution in [0.5, 0.6) is 11.5 Å². The number of hydrogen-bond acceptors (Lipinski definition) is 4. The Bertz CT molecular complexity index is 653. The molecule has 0 bridgehead atoms. The topological polar surface area (TPSA) is 42.0 Å². The van der Waals surface area contributed by atoms with Gasteiger partial charge in [0, 0.05) is 25.6 Å². The maximum atomic E-state index is 13.1. The van der Waals surface area contributed by atoms with Crippen molar-refractivity contribution in [3.8, 4) is 11.5 Å². The fourth-order valence-corrected chi connectivity index (χ4v) is 4.00. The number of nitrogens with zero attached hydrogens (tertiary/aromatic N) is 2. The lowest BCUT2D eigenvalue weighted by Gasteiger charge is -2.32. The van der Waals surface area contributed by atoms with Crippen LogP contribution in [0.2, 0.25) is 0 Å². The van der Waals surface area contributed by atoms with Crippen LogP contribution >= 0.6 is 0 Å². The summed E-state index contributed by atoms with van der Waals surface area (Å²) in [4.78, 5) is 17.6. The zero-order valence-electron chi connectivity index (χ0n) is 17.3. The molecule has 0 N–H and O–H groups in total. The number of ether oxygens (including phenoxy) is 2. The van der Waals surface area contributed by atoms with Crippen molar-refractivity contribution in [1.82, 2.24) is 9.80 Å². The third kappa shape index (κ3) is 5.38. The van der Waals surface area contributed by atoms with Crippen LogP contribution in [-0.2, 0) is 11.3 Å². The summed E-state index contributed by atoms with van der Waals surface area (Å²) in [5, 5.41) is 0. The predicted octanol–water partition coefficient (Wildman–Crippen LogP) is 3.71. The van der Waals surface area contributed by atoms with E-state index in [0.717, 1.165) is 36.7 Å². The molecule has 1 fully saturated rings. The van der Waals surface area contributed by atoms with Crippen LogP contribution in [0.4, 0.5) is 0 Å². The molecule has 3 rings (SSSR count). The second kappa shape index (κ2) is 8.51. The fraction of sp³-hybridized carbons (Fsp3) is 0.682. The van der Waals surface area contributed by atoms with E-state index in [1.807, 2.05) is 12.1 Å². The molecule has 0 saturated carbocycles. The van der Waals surface area contributed by atoms with E-state index in [4.69, 9.17) is 9.47 Å². The highest BCUT2D eigenvalue weighted by atomic mass is 16.6. The van der Waals surface area contributed by atoms with Crippen molar-refractivity contribution in [1.29, 1.82) is 0 Å². The molecule has 0 unspecified atom stereocenters. The summed E-state index contributed by atoms with van der Waals surface area (Å²) in [5.74, 6) is 1.82. The highest BCUT2D eigenvalue weighted by molar-refractivity contribution is 5.77. The maximum Gasteiger partial charge on any atom is 0.223 e. The van der Waals surface area contributed by atoms with Gasteiger partial charge >= 0.3 is 0 Å². The molecule has 5 heteroatoms. The van der Waals surface area contributed by atoms with Gasteiger partial charge in [-0.2, -0.15) is 0 Å². The number of benzene rings is 1. The zero-order chi connectivity index (χ0) is 19.4. The minimum Gasteiger partial charge on any atom is -0.486 e. The number of hydrogen-bond donors (Lipinski definition) is 0. The normalized spacial score (nSPS) is 19.9. The van der Waals surface area contributed by atoms with Crippen LogP contribution < -0.4 is 9.47 Å². The van der Waals surface area contributed by atoms with Crippen molar-refractivity contribution in [3.05, 3.63) is 23.8 Å². The van der Waals surface area contributed by atoms with Crippen molar-refractivity contribution < 1.29 is 14.3 Å². The Balaban J connectivity index is 1.75. The lowest BCUT2D eigenvalue weighted by molar-refractivity contribution is -0.134. The van der Waals surface area contributed by atoms with E-state index < -0.39 is 0 Å². The first-order chi connectivity index (χ1) is 12.9. The minimum atomic E-state index is -0.0117. The molecule has 1 aromatic carbocycles. The Labute approximate surface area is 163 Å². The number of rotatable bonds is 6. The van der Waals surface area contributed by atoms with E-state index in [1.165, 1.54) is 12.8 Å². The molecule has 27 heavy (non-hydrogen) atoms. The first-order valence-corrected chi connectivity index (χ1v) is 10.3. The van der Waals surface area contributed by atoms with Gasteiger partial charge in [-0.25, -0.2) is 0 Å². The van der Waals surface area contributed by atoms with E-state index in [9.17, 15) is 4.79 Å². The minimum absolute atomic E-state index is 0.0117. The van der Waals surface area contributed by atoms with Crippen molar-refractivity contribution in [2.75, 3.05) is 32.8 Å². The molecule has 5 nitrogen and oxygen atoms in total. The third-order valence-corrected chi connectivity index (χ3v) is 5.35. The molecule has 1 aromatic rings. The average molecular weight is 375 g/mol. The first kappa shape index (κ1) is 20.0. The first-order valence-electron chi connectivity index (χ1n) is 10.3. The molecule has 2 heterocycles. The number of fused-ring (bicyclic) bond motifs is 1. The molecule has 2 aliphatic rings. The lowest BCUT2D eigenvalue weighted by Crippen LogP contribution is -2.43. The van der Waals surface area contributed by atoms with Gasteiger partial charge in [0.2, 0.25) is 5.91 Å². The Kier molecular flexibility index (Phi) is 6.30. The standard InChI is InChI=1S/C22H34N2O3/c1-5-23-10-6-7-18(23)16-24(21(25)14-22(2,3)4)15-17-8-9-19-20(13-17)27-12-11-26-19/h8-9,13,18H,5-7,10-12,14-16H2,1-4H3/t18-/m1/s1. The summed E-state index contributed by atoms with van der Waals surface area (Å²) in [6, 6.07) is 6.51. The van der Waals surface area contributed by atoms with E-state index in [-0.39, 0.29) is 11.3 Å². The second-order valence-corrected chi connectivity index (χ2v) is 8.91. The average Bonchev–Trinajstić information content (AvgIpc) is 3.07. The van der Waals surface area contributed by atoms with Gasteiger partial charge in [0.1, 0.15) is 13.2 Å². The van der Waals surface area contributed by atoms with Gasteiger partial charge in [-0.15, -0.1) is 0 Å². The Hall–Kier alpha value is -1.75. The van der Waals surface area contributed by atoms with Crippen molar-refractivity contribution in [2.24, 2.45) is 5.41 Å². The summed E-state index contributed by atoms with van der Waals surface area (Å²) in [7, 11) is 0. The van der Waals surface area contributed by atoms with Gasteiger partial charge in [-0.1, -0.05) is 33.8 Å². The van der Waals surface area contributed by atoms with Gasteiger partial charge in [0.25, 0.3) is 0 Å².